The summed E-state index contributed by atoms with van der Waals surface area (Å²) < 4.78 is 6.31. The summed E-state index contributed by atoms with van der Waals surface area (Å²) in [6.45, 7) is 0. The SMILES string of the molecule is CSc1c(Br)ccc(C(=O)c2cnoc2C2CC2)c1SC. The van der Waals surface area contributed by atoms with Crippen LogP contribution in [0.2, 0.25) is 0 Å². The quantitative estimate of drug-likeness (QED) is 0.537. The van der Waals surface area contributed by atoms with Crippen molar-refractivity contribution in [3.05, 3.63) is 39.7 Å². The van der Waals surface area contributed by atoms with Gasteiger partial charge in [-0.1, -0.05) is 5.16 Å². The molecule has 1 fully saturated rings. The molecule has 0 bridgehead atoms. The lowest BCUT2D eigenvalue weighted by atomic mass is 10.0. The highest BCUT2D eigenvalue weighted by Gasteiger charge is 2.33. The Labute approximate surface area is 140 Å². The van der Waals surface area contributed by atoms with Crippen molar-refractivity contribution in [2.75, 3.05) is 12.5 Å². The van der Waals surface area contributed by atoms with Crippen molar-refractivity contribution < 1.29 is 9.32 Å². The van der Waals surface area contributed by atoms with Gasteiger partial charge in [0.25, 0.3) is 0 Å². The number of rotatable bonds is 5. The molecule has 1 aromatic heterocycles. The summed E-state index contributed by atoms with van der Waals surface area (Å²) in [5.41, 5.74) is 1.34. The van der Waals surface area contributed by atoms with Gasteiger partial charge in [0.1, 0.15) is 0 Å². The van der Waals surface area contributed by atoms with E-state index < -0.39 is 0 Å². The van der Waals surface area contributed by atoms with E-state index in [1.807, 2.05) is 24.6 Å². The lowest BCUT2D eigenvalue weighted by Crippen LogP contribution is -2.05. The number of ketones is 1. The molecule has 0 radical (unpaired) electrons. The average Bonchev–Trinajstić information content (AvgIpc) is 3.23. The van der Waals surface area contributed by atoms with Gasteiger partial charge in [-0.25, -0.2) is 0 Å². The van der Waals surface area contributed by atoms with Crippen molar-refractivity contribution in [3.8, 4) is 0 Å². The Kier molecular flexibility index (Phi) is 4.47. The van der Waals surface area contributed by atoms with E-state index in [9.17, 15) is 4.79 Å². The van der Waals surface area contributed by atoms with E-state index in [0.717, 1.165) is 38.4 Å². The van der Waals surface area contributed by atoms with E-state index in [-0.39, 0.29) is 5.78 Å². The second-order valence-electron chi connectivity index (χ2n) is 4.87. The zero-order chi connectivity index (χ0) is 15.0. The van der Waals surface area contributed by atoms with Crippen molar-refractivity contribution in [3.63, 3.8) is 0 Å². The maximum atomic E-state index is 12.9. The maximum absolute atomic E-state index is 12.9. The third-order valence-electron chi connectivity index (χ3n) is 3.51. The molecule has 0 atom stereocenters. The fraction of sp³-hybridized carbons (Fsp3) is 0.333. The first-order valence-electron chi connectivity index (χ1n) is 6.57. The van der Waals surface area contributed by atoms with Crippen LogP contribution in [0, 0.1) is 0 Å². The monoisotopic (exact) mass is 383 g/mol. The number of thioether (sulfide) groups is 2. The highest BCUT2D eigenvalue weighted by molar-refractivity contribution is 9.10. The molecule has 1 aliphatic rings. The number of nitrogens with zero attached hydrogens (tertiary/aromatic N) is 1. The normalized spacial score (nSPS) is 14.4. The summed E-state index contributed by atoms with van der Waals surface area (Å²) in [5.74, 6) is 1.13. The Bertz CT molecular complexity index is 695. The first kappa shape index (κ1) is 15.2. The molecule has 0 spiro atoms. The van der Waals surface area contributed by atoms with Crippen LogP contribution in [-0.4, -0.2) is 23.5 Å². The van der Waals surface area contributed by atoms with Gasteiger partial charge < -0.3 is 4.52 Å². The Morgan fingerprint density at radius 2 is 1.95 bits per heavy atom. The van der Waals surface area contributed by atoms with Crippen LogP contribution < -0.4 is 0 Å². The van der Waals surface area contributed by atoms with Gasteiger partial charge in [-0.15, -0.1) is 23.5 Å². The van der Waals surface area contributed by atoms with Crippen LogP contribution in [-0.2, 0) is 0 Å². The topological polar surface area (TPSA) is 43.1 Å². The number of carbonyl (C=O) groups excluding carboxylic acids is 1. The van der Waals surface area contributed by atoms with Crippen LogP contribution in [0.4, 0.5) is 0 Å². The van der Waals surface area contributed by atoms with Crippen molar-refractivity contribution in [1.29, 1.82) is 0 Å². The molecule has 6 heteroatoms. The molecule has 1 aliphatic carbocycles. The van der Waals surface area contributed by atoms with E-state index in [0.29, 0.717) is 11.5 Å². The number of hydrogen-bond donors (Lipinski definition) is 0. The molecule has 0 amide bonds. The summed E-state index contributed by atoms with van der Waals surface area (Å²) in [4.78, 5) is 15.0. The van der Waals surface area contributed by atoms with Gasteiger partial charge in [0, 0.05) is 25.7 Å². The first-order chi connectivity index (χ1) is 10.2. The fourth-order valence-corrected chi connectivity index (χ4v) is 5.00. The van der Waals surface area contributed by atoms with Crippen LogP contribution in [0.3, 0.4) is 0 Å². The van der Waals surface area contributed by atoms with Crippen molar-refractivity contribution in [2.24, 2.45) is 0 Å². The third-order valence-corrected chi connectivity index (χ3v) is 6.23. The summed E-state index contributed by atoms with van der Waals surface area (Å²) in [7, 11) is 0. The van der Waals surface area contributed by atoms with Gasteiger partial charge in [0.15, 0.2) is 11.5 Å². The third kappa shape index (κ3) is 2.81. The lowest BCUT2D eigenvalue weighted by Gasteiger charge is -2.12. The molecule has 0 saturated heterocycles. The first-order valence-corrected chi connectivity index (χ1v) is 9.81. The zero-order valence-corrected chi connectivity index (χ0v) is 14.9. The van der Waals surface area contributed by atoms with E-state index in [4.69, 9.17) is 4.52 Å². The van der Waals surface area contributed by atoms with Gasteiger partial charge in [-0.05, 0) is 53.4 Å². The number of carbonyl (C=O) groups is 1. The molecule has 0 aliphatic heterocycles. The Morgan fingerprint density at radius 1 is 1.24 bits per heavy atom. The molecular formula is C15H14BrNO2S2. The van der Waals surface area contributed by atoms with Gasteiger partial charge in [0.05, 0.1) is 11.8 Å². The van der Waals surface area contributed by atoms with Crippen LogP contribution >= 0.6 is 39.5 Å². The summed E-state index contributed by atoms with van der Waals surface area (Å²) in [6, 6.07) is 3.81. The van der Waals surface area contributed by atoms with Gasteiger partial charge in [0.2, 0.25) is 0 Å². The molecule has 2 aromatic rings. The zero-order valence-electron chi connectivity index (χ0n) is 11.7. The molecule has 110 valence electrons. The van der Waals surface area contributed by atoms with Crippen LogP contribution in [0.1, 0.15) is 40.4 Å². The summed E-state index contributed by atoms with van der Waals surface area (Å²) in [6.07, 6.45) is 7.74. The molecule has 21 heavy (non-hydrogen) atoms. The minimum atomic E-state index is 0.00491. The summed E-state index contributed by atoms with van der Waals surface area (Å²) in [5, 5.41) is 3.83. The molecule has 1 heterocycles. The van der Waals surface area contributed by atoms with Crippen LogP contribution in [0.25, 0.3) is 0 Å². The van der Waals surface area contributed by atoms with E-state index >= 15 is 0 Å². The van der Waals surface area contributed by atoms with Crippen molar-refractivity contribution in [2.45, 2.75) is 28.6 Å². The molecule has 0 N–H and O–H groups in total. The Balaban J connectivity index is 2.07. The maximum Gasteiger partial charge on any atom is 0.199 e. The minimum absolute atomic E-state index is 0.00491. The Morgan fingerprint density at radius 3 is 2.57 bits per heavy atom. The number of hydrogen-bond acceptors (Lipinski definition) is 5. The molecule has 0 unspecified atom stereocenters. The number of aromatic nitrogens is 1. The highest BCUT2D eigenvalue weighted by Crippen LogP contribution is 2.43. The van der Waals surface area contributed by atoms with Gasteiger partial charge in [-0.3, -0.25) is 4.79 Å². The lowest BCUT2D eigenvalue weighted by molar-refractivity contribution is 0.103. The molecular weight excluding hydrogens is 370 g/mol. The smallest absolute Gasteiger partial charge is 0.199 e. The van der Waals surface area contributed by atoms with E-state index in [1.165, 1.54) is 0 Å². The van der Waals surface area contributed by atoms with Crippen LogP contribution in [0.5, 0.6) is 0 Å². The second-order valence-corrected chi connectivity index (χ2v) is 7.36. The minimum Gasteiger partial charge on any atom is -0.360 e. The molecule has 1 saturated carbocycles. The van der Waals surface area contributed by atoms with Gasteiger partial charge in [-0.2, -0.15) is 0 Å². The largest absolute Gasteiger partial charge is 0.360 e. The Hall–Kier alpha value is -0.720. The van der Waals surface area contributed by atoms with Crippen molar-refractivity contribution >= 4 is 45.2 Å². The number of benzene rings is 1. The number of halogens is 1. The second kappa shape index (κ2) is 6.18. The van der Waals surface area contributed by atoms with Gasteiger partial charge >= 0.3 is 0 Å². The predicted octanol–water partition coefficient (Wildman–Crippen LogP) is 4.99. The van der Waals surface area contributed by atoms with E-state index in [2.05, 4.69) is 21.1 Å². The summed E-state index contributed by atoms with van der Waals surface area (Å²) >= 11 is 6.78. The molecule has 1 aromatic carbocycles. The van der Waals surface area contributed by atoms with Crippen molar-refractivity contribution in [1.82, 2.24) is 5.16 Å². The predicted molar refractivity (Wildman–Crippen MR) is 89.6 cm³/mol. The molecule has 3 rings (SSSR count). The average molecular weight is 384 g/mol. The molecule has 3 nitrogen and oxygen atoms in total. The van der Waals surface area contributed by atoms with E-state index in [1.54, 1.807) is 29.7 Å². The highest BCUT2D eigenvalue weighted by atomic mass is 79.9. The standard InChI is InChI=1S/C15H14BrNO2S2/c1-20-14-9(5-6-11(16)15(14)21-2)12(18)10-7-17-19-13(10)8-3-4-8/h5-8H,3-4H2,1-2H3. The van der Waals surface area contributed by atoms with Crippen LogP contribution in [0.15, 0.2) is 37.1 Å². The fourth-order valence-electron chi connectivity index (χ4n) is 2.31.